The van der Waals surface area contributed by atoms with Crippen LogP contribution in [0.4, 0.5) is 0 Å². The van der Waals surface area contributed by atoms with E-state index >= 15 is 0 Å². The van der Waals surface area contributed by atoms with Crippen molar-refractivity contribution in [3.05, 3.63) is 72.9 Å². The molecular weight excluding hydrogens is 803 g/mol. The number of carbonyl (C=O) groups excluding carboxylic acids is 2. The molecule has 0 aromatic heterocycles. The summed E-state index contributed by atoms with van der Waals surface area (Å²) in [5.74, 6) is -0.623. The van der Waals surface area contributed by atoms with Crippen molar-refractivity contribution in [3.63, 3.8) is 0 Å². The van der Waals surface area contributed by atoms with Gasteiger partial charge in [-0.25, -0.2) is 0 Å². The summed E-state index contributed by atoms with van der Waals surface area (Å²) < 4.78 is 5.84. The van der Waals surface area contributed by atoms with E-state index in [0.29, 0.717) is 19.3 Å². The van der Waals surface area contributed by atoms with E-state index in [1.54, 1.807) is 0 Å². The molecule has 0 heterocycles. The highest BCUT2D eigenvalue weighted by molar-refractivity contribution is 5.78. The first-order valence-corrected chi connectivity index (χ1v) is 27.7. The Morgan fingerprint density at radius 2 is 0.800 bits per heavy atom. The first kappa shape index (κ1) is 62.3. The van der Waals surface area contributed by atoms with Crippen LogP contribution in [0.1, 0.15) is 265 Å². The maximum Gasteiger partial charge on any atom is 0.306 e. The van der Waals surface area contributed by atoms with Gasteiger partial charge in [0, 0.05) is 6.42 Å². The predicted octanol–water partition coefficient (Wildman–Crippen LogP) is 17.0. The average molecular weight is 908 g/mol. The van der Waals surface area contributed by atoms with Crippen molar-refractivity contribution in [2.45, 2.75) is 283 Å². The third kappa shape index (κ3) is 47.6. The van der Waals surface area contributed by atoms with Crippen LogP contribution < -0.4 is 5.32 Å². The van der Waals surface area contributed by atoms with E-state index in [-0.39, 0.29) is 24.9 Å². The fourth-order valence-electron chi connectivity index (χ4n) is 8.13. The summed E-state index contributed by atoms with van der Waals surface area (Å²) in [7, 11) is 0. The molecule has 0 saturated carbocycles. The molecule has 0 spiro atoms. The molecule has 0 radical (unpaired) electrons. The first-order chi connectivity index (χ1) is 32.0. The highest BCUT2D eigenvalue weighted by Crippen LogP contribution is 2.17. The molecule has 0 rings (SSSR count). The minimum absolute atomic E-state index is 0.0468. The van der Waals surface area contributed by atoms with Gasteiger partial charge in [0.25, 0.3) is 0 Å². The van der Waals surface area contributed by atoms with Crippen LogP contribution in [0.25, 0.3) is 0 Å². The van der Waals surface area contributed by atoms with Gasteiger partial charge in [-0.2, -0.15) is 0 Å². The third-order valence-electron chi connectivity index (χ3n) is 12.3. The number of amides is 1. The van der Waals surface area contributed by atoms with Crippen LogP contribution in [-0.4, -0.2) is 46.9 Å². The first-order valence-electron chi connectivity index (χ1n) is 27.7. The minimum atomic E-state index is -0.821. The van der Waals surface area contributed by atoms with Crippen molar-refractivity contribution in [2.75, 3.05) is 6.61 Å². The fourth-order valence-corrected chi connectivity index (χ4v) is 8.13. The number of esters is 1. The smallest absolute Gasteiger partial charge is 0.306 e. The standard InChI is InChI=1S/C59H105NO5/c1-4-7-10-13-16-19-22-25-27-29-30-33-35-38-41-44-47-50-55(65-59(64)52-49-46-43-40-37-34-31-28-26-23-20-17-14-11-8-5-2)53-58(63)60-56(54-61)57(62)51-48-45-42-39-36-32-24-21-18-15-12-9-6-3/h7,10,16,19,25,27,30,33,38,41,47,50,55-57,61-62H,4-6,8-9,11-15,17-18,20-24,26,28-29,31-32,34-37,39-40,42-46,48-49,51-54H2,1-3H3,(H,60,63)/b10-7-,19-16-,27-25-,33-30-,41-38-,50-47-. The second kappa shape index (κ2) is 52.3. The Morgan fingerprint density at radius 3 is 1.17 bits per heavy atom. The minimum Gasteiger partial charge on any atom is -0.458 e. The van der Waals surface area contributed by atoms with E-state index in [9.17, 15) is 19.8 Å². The molecule has 0 aromatic carbocycles. The number of aliphatic hydroxyl groups is 2. The normalized spacial score (nSPS) is 13.7. The van der Waals surface area contributed by atoms with Gasteiger partial charge in [-0.15, -0.1) is 0 Å². The van der Waals surface area contributed by atoms with Gasteiger partial charge >= 0.3 is 5.97 Å². The Hall–Kier alpha value is -2.70. The predicted molar refractivity (Wildman–Crippen MR) is 282 cm³/mol. The zero-order valence-electron chi connectivity index (χ0n) is 42.9. The molecule has 6 heteroatoms. The second-order valence-electron chi connectivity index (χ2n) is 18.6. The van der Waals surface area contributed by atoms with E-state index in [0.717, 1.165) is 70.6 Å². The average Bonchev–Trinajstić information content (AvgIpc) is 3.30. The summed E-state index contributed by atoms with van der Waals surface area (Å²) in [6.07, 6.45) is 67.1. The lowest BCUT2D eigenvalue weighted by atomic mass is 10.0. The molecule has 376 valence electrons. The summed E-state index contributed by atoms with van der Waals surface area (Å²) >= 11 is 0. The summed E-state index contributed by atoms with van der Waals surface area (Å²) in [6, 6.07) is -0.744. The van der Waals surface area contributed by atoms with Gasteiger partial charge in [0.1, 0.15) is 6.10 Å². The fraction of sp³-hybridized carbons (Fsp3) is 0.763. The van der Waals surface area contributed by atoms with Crippen molar-refractivity contribution in [1.29, 1.82) is 0 Å². The molecule has 0 aliphatic carbocycles. The maximum atomic E-state index is 13.2. The Kier molecular flexibility index (Phi) is 50.1. The number of ether oxygens (including phenoxy) is 1. The number of hydrogen-bond acceptors (Lipinski definition) is 5. The molecular formula is C59H105NO5. The van der Waals surface area contributed by atoms with Gasteiger partial charge in [-0.3, -0.25) is 9.59 Å². The Bertz CT molecular complexity index is 1200. The Labute approximate surface area is 402 Å². The molecule has 3 N–H and O–H groups in total. The van der Waals surface area contributed by atoms with Crippen LogP contribution in [0.2, 0.25) is 0 Å². The third-order valence-corrected chi connectivity index (χ3v) is 12.3. The molecule has 0 saturated heterocycles. The van der Waals surface area contributed by atoms with E-state index in [4.69, 9.17) is 4.74 Å². The lowest BCUT2D eigenvalue weighted by molar-refractivity contribution is -0.148. The van der Waals surface area contributed by atoms with Crippen molar-refractivity contribution >= 4 is 11.9 Å². The van der Waals surface area contributed by atoms with Gasteiger partial charge in [-0.1, -0.05) is 267 Å². The zero-order chi connectivity index (χ0) is 47.4. The summed E-state index contributed by atoms with van der Waals surface area (Å²) in [6.45, 7) is 6.35. The SMILES string of the molecule is CC/C=C\C/C=C\C/C=C\C/C=C\C/C=C\C/C=C\C(CC(=O)NC(CO)C(O)CCCCCCCCCCCCCCC)OC(=O)CCCCCCCCCCCCCCCCCC. The molecule has 0 aliphatic heterocycles. The molecule has 0 fully saturated rings. The number of unbranched alkanes of at least 4 members (excludes halogenated alkanes) is 27. The van der Waals surface area contributed by atoms with E-state index in [1.807, 2.05) is 12.2 Å². The Morgan fingerprint density at radius 1 is 0.462 bits per heavy atom. The van der Waals surface area contributed by atoms with E-state index < -0.39 is 18.2 Å². The number of hydrogen-bond donors (Lipinski definition) is 3. The van der Waals surface area contributed by atoms with Crippen LogP contribution in [-0.2, 0) is 14.3 Å². The van der Waals surface area contributed by atoms with Gasteiger partial charge < -0.3 is 20.3 Å². The van der Waals surface area contributed by atoms with Gasteiger partial charge in [0.05, 0.1) is 25.2 Å². The second-order valence-corrected chi connectivity index (χ2v) is 18.6. The molecule has 0 aliphatic rings. The Balaban J connectivity index is 4.73. The highest BCUT2D eigenvalue weighted by atomic mass is 16.5. The quantitative estimate of drug-likeness (QED) is 0.0321. The van der Waals surface area contributed by atoms with Crippen LogP contribution in [0.15, 0.2) is 72.9 Å². The summed E-state index contributed by atoms with van der Waals surface area (Å²) in [5, 5.41) is 23.8. The maximum absolute atomic E-state index is 13.2. The highest BCUT2D eigenvalue weighted by Gasteiger charge is 2.23. The monoisotopic (exact) mass is 908 g/mol. The van der Waals surface area contributed by atoms with E-state index in [1.165, 1.54) is 148 Å². The number of allylic oxidation sites excluding steroid dienone is 11. The number of nitrogens with one attached hydrogen (secondary N) is 1. The van der Waals surface area contributed by atoms with Gasteiger partial charge in [-0.05, 0) is 57.4 Å². The van der Waals surface area contributed by atoms with Crippen LogP contribution in [0.5, 0.6) is 0 Å². The van der Waals surface area contributed by atoms with Gasteiger partial charge in [0.2, 0.25) is 5.91 Å². The van der Waals surface area contributed by atoms with Crippen molar-refractivity contribution in [3.8, 4) is 0 Å². The van der Waals surface area contributed by atoms with Crippen molar-refractivity contribution < 1.29 is 24.5 Å². The lowest BCUT2D eigenvalue weighted by Crippen LogP contribution is -2.46. The summed E-state index contributed by atoms with van der Waals surface area (Å²) in [4.78, 5) is 26.2. The van der Waals surface area contributed by atoms with Crippen LogP contribution in [0, 0.1) is 0 Å². The number of rotatable bonds is 49. The van der Waals surface area contributed by atoms with Crippen LogP contribution >= 0.6 is 0 Å². The molecule has 3 unspecified atom stereocenters. The summed E-state index contributed by atoms with van der Waals surface area (Å²) in [5.41, 5.74) is 0. The van der Waals surface area contributed by atoms with Gasteiger partial charge in [0.15, 0.2) is 0 Å². The number of aliphatic hydroxyl groups excluding tert-OH is 2. The lowest BCUT2D eigenvalue weighted by Gasteiger charge is -2.23. The topological polar surface area (TPSA) is 95.9 Å². The number of carbonyl (C=O) groups is 2. The van der Waals surface area contributed by atoms with E-state index in [2.05, 4.69) is 86.8 Å². The van der Waals surface area contributed by atoms with Crippen LogP contribution in [0.3, 0.4) is 0 Å². The molecule has 0 bridgehead atoms. The molecule has 65 heavy (non-hydrogen) atoms. The van der Waals surface area contributed by atoms with Crippen molar-refractivity contribution in [1.82, 2.24) is 5.32 Å². The molecule has 6 nitrogen and oxygen atoms in total. The molecule has 1 amide bonds. The molecule has 3 atom stereocenters. The molecule has 0 aromatic rings. The van der Waals surface area contributed by atoms with Crippen molar-refractivity contribution in [2.24, 2.45) is 0 Å². The largest absolute Gasteiger partial charge is 0.458 e. The zero-order valence-corrected chi connectivity index (χ0v) is 42.9.